The lowest BCUT2D eigenvalue weighted by Crippen LogP contribution is -2.33. The number of ether oxygens (including phenoxy) is 1. The van der Waals surface area contributed by atoms with Crippen LogP contribution in [0.1, 0.15) is 6.23 Å². The summed E-state index contributed by atoms with van der Waals surface area (Å²) in [7, 11) is 0. The van der Waals surface area contributed by atoms with Gasteiger partial charge in [-0.3, -0.25) is 4.79 Å². The van der Waals surface area contributed by atoms with Crippen LogP contribution in [0, 0.1) is 0 Å². The van der Waals surface area contributed by atoms with Gasteiger partial charge in [-0.25, -0.2) is 5.10 Å². The van der Waals surface area contributed by atoms with Gasteiger partial charge in [-0.2, -0.15) is 5.10 Å². The van der Waals surface area contributed by atoms with Gasteiger partial charge >= 0.3 is 0 Å². The van der Waals surface area contributed by atoms with Gasteiger partial charge in [0, 0.05) is 11.6 Å². The normalized spacial score (nSPS) is 30.1. The van der Waals surface area contributed by atoms with Gasteiger partial charge in [-0.15, -0.1) is 0 Å². The molecule has 0 bridgehead atoms. The van der Waals surface area contributed by atoms with Crippen molar-refractivity contribution in [3.05, 3.63) is 22.6 Å². The number of hydrogen-bond acceptors (Lipinski definition) is 7. The maximum Gasteiger partial charge on any atom is 0.288 e. The van der Waals surface area contributed by atoms with Crippen LogP contribution in [0.2, 0.25) is 0 Å². The molecule has 108 valence electrons. The molecule has 1 saturated heterocycles. The molecule has 0 aromatic carbocycles. The molecule has 0 unspecified atom stereocenters. The summed E-state index contributed by atoms with van der Waals surface area (Å²) >= 11 is 0. The summed E-state index contributed by atoms with van der Waals surface area (Å²) in [5.41, 5.74) is 5.36. The fourth-order valence-corrected chi connectivity index (χ4v) is 2.44. The van der Waals surface area contributed by atoms with Crippen LogP contribution in [0.5, 0.6) is 0 Å². The van der Waals surface area contributed by atoms with E-state index in [4.69, 9.17) is 15.6 Å². The van der Waals surface area contributed by atoms with Crippen molar-refractivity contribution >= 4 is 16.7 Å². The molecule has 3 rings (SSSR count). The van der Waals surface area contributed by atoms with Gasteiger partial charge in [0.25, 0.3) is 5.56 Å². The smallest absolute Gasteiger partial charge is 0.288 e. The Morgan fingerprint density at radius 1 is 1.45 bits per heavy atom. The Bertz CT molecular complexity index is 696. The highest BCUT2D eigenvalue weighted by Gasteiger charge is 2.43. The van der Waals surface area contributed by atoms with E-state index in [0.29, 0.717) is 5.39 Å². The standard InChI is InChI=1S/C11H14N4O5/c12-9-4-1-2-15(6(4)10(19)14-13-9)11-8(18)7(17)5(3-16)20-11/h1-2,5,7-8,11,16-18H,3H2,(H2,12,13)(H,14,19)/t5-,7-,8-,11-/m1/s1. The van der Waals surface area contributed by atoms with Crippen LogP contribution in [0.15, 0.2) is 17.1 Å². The molecule has 2 aromatic heterocycles. The Balaban J connectivity index is 2.12. The topological polar surface area (TPSA) is 147 Å². The van der Waals surface area contributed by atoms with Crippen LogP contribution in [0.4, 0.5) is 5.82 Å². The number of rotatable bonds is 2. The lowest BCUT2D eigenvalue weighted by atomic mass is 10.1. The predicted molar refractivity (Wildman–Crippen MR) is 67.8 cm³/mol. The van der Waals surface area contributed by atoms with E-state index in [1.165, 1.54) is 10.8 Å². The summed E-state index contributed by atoms with van der Waals surface area (Å²) in [5.74, 6) is 0.144. The molecule has 6 N–H and O–H groups in total. The summed E-state index contributed by atoms with van der Waals surface area (Å²) in [6, 6.07) is 1.57. The number of H-pyrrole nitrogens is 1. The van der Waals surface area contributed by atoms with E-state index in [1.54, 1.807) is 6.07 Å². The second-order valence-corrected chi connectivity index (χ2v) is 4.65. The van der Waals surface area contributed by atoms with Crippen molar-refractivity contribution in [2.45, 2.75) is 24.5 Å². The Labute approximate surface area is 112 Å². The van der Waals surface area contributed by atoms with Gasteiger partial charge in [0.05, 0.1) is 6.61 Å². The molecule has 9 heteroatoms. The van der Waals surface area contributed by atoms with Crippen molar-refractivity contribution in [3.8, 4) is 0 Å². The SMILES string of the molecule is Nc1n[nH]c(=O)c2c1ccn2[C@@H]1O[C@H](CO)[C@@H](O)[C@H]1O. The molecule has 4 atom stereocenters. The van der Waals surface area contributed by atoms with Gasteiger partial charge in [0.1, 0.15) is 23.8 Å². The number of nitrogens with zero attached hydrogens (tertiary/aromatic N) is 2. The van der Waals surface area contributed by atoms with Gasteiger partial charge in [-0.1, -0.05) is 0 Å². The molecular weight excluding hydrogens is 268 g/mol. The second kappa shape index (κ2) is 4.56. The number of fused-ring (bicyclic) bond motifs is 1. The number of hydrogen-bond donors (Lipinski definition) is 5. The summed E-state index contributed by atoms with van der Waals surface area (Å²) in [4.78, 5) is 11.9. The second-order valence-electron chi connectivity index (χ2n) is 4.65. The fourth-order valence-electron chi connectivity index (χ4n) is 2.44. The van der Waals surface area contributed by atoms with Crippen molar-refractivity contribution < 1.29 is 20.1 Å². The van der Waals surface area contributed by atoms with Crippen LogP contribution in [-0.2, 0) is 4.74 Å². The van der Waals surface area contributed by atoms with Crippen LogP contribution in [-0.4, -0.2) is 55.0 Å². The minimum atomic E-state index is -1.27. The van der Waals surface area contributed by atoms with E-state index in [9.17, 15) is 15.0 Å². The molecule has 1 fully saturated rings. The lowest BCUT2D eigenvalue weighted by Gasteiger charge is -2.17. The molecule has 1 aliphatic rings. The number of nitrogens with two attached hydrogens (primary N) is 1. The number of aromatic nitrogens is 3. The zero-order valence-corrected chi connectivity index (χ0v) is 10.3. The van der Waals surface area contributed by atoms with Crippen LogP contribution in [0.3, 0.4) is 0 Å². The molecule has 0 saturated carbocycles. The number of nitrogens with one attached hydrogen (secondary N) is 1. The third-order valence-corrected chi connectivity index (χ3v) is 3.48. The first-order valence-corrected chi connectivity index (χ1v) is 6.01. The highest BCUT2D eigenvalue weighted by atomic mass is 16.6. The zero-order valence-electron chi connectivity index (χ0n) is 10.3. The van der Waals surface area contributed by atoms with E-state index in [1.807, 2.05) is 0 Å². The average molecular weight is 282 g/mol. The summed E-state index contributed by atoms with van der Waals surface area (Å²) in [6.45, 7) is -0.437. The van der Waals surface area contributed by atoms with Crippen LogP contribution in [0.25, 0.3) is 10.9 Å². The van der Waals surface area contributed by atoms with Crippen molar-refractivity contribution in [1.82, 2.24) is 14.8 Å². The first-order chi connectivity index (χ1) is 9.54. The number of nitrogen functional groups attached to an aromatic ring is 1. The minimum absolute atomic E-state index is 0.144. The largest absolute Gasteiger partial charge is 0.394 e. The molecule has 20 heavy (non-hydrogen) atoms. The number of aliphatic hydroxyl groups excluding tert-OH is 3. The van der Waals surface area contributed by atoms with Crippen molar-refractivity contribution in [2.24, 2.45) is 0 Å². The van der Waals surface area contributed by atoms with Crippen molar-refractivity contribution in [3.63, 3.8) is 0 Å². The van der Waals surface area contributed by atoms with Gasteiger partial charge in [0.2, 0.25) is 0 Å². The zero-order chi connectivity index (χ0) is 14.4. The van der Waals surface area contributed by atoms with Crippen LogP contribution >= 0.6 is 0 Å². The molecule has 0 aliphatic carbocycles. The predicted octanol–water partition coefficient (Wildman–Crippen LogP) is -2.08. The minimum Gasteiger partial charge on any atom is -0.394 e. The fraction of sp³-hybridized carbons (Fsp3) is 0.455. The van der Waals surface area contributed by atoms with E-state index in [-0.39, 0.29) is 11.3 Å². The first-order valence-electron chi connectivity index (χ1n) is 6.01. The van der Waals surface area contributed by atoms with E-state index < -0.39 is 36.7 Å². The maximum atomic E-state index is 11.9. The summed E-state index contributed by atoms with van der Waals surface area (Å²) < 4.78 is 6.75. The molecule has 9 nitrogen and oxygen atoms in total. The van der Waals surface area contributed by atoms with Crippen LogP contribution < -0.4 is 11.3 Å². The Kier molecular flexibility index (Phi) is 2.98. The number of aliphatic hydroxyl groups is 3. The lowest BCUT2D eigenvalue weighted by molar-refractivity contribution is -0.0507. The Hall–Kier alpha value is -1.94. The monoisotopic (exact) mass is 282 g/mol. The van der Waals surface area contributed by atoms with E-state index in [2.05, 4.69) is 10.2 Å². The first kappa shape index (κ1) is 13.1. The number of aromatic amines is 1. The van der Waals surface area contributed by atoms with Gasteiger partial charge in [0.15, 0.2) is 12.0 Å². The Morgan fingerprint density at radius 3 is 2.85 bits per heavy atom. The molecule has 1 aliphatic heterocycles. The third-order valence-electron chi connectivity index (χ3n) is 3.48. The third kappa shape index (κ3) is 1.72. The highest BCUT2D eigenvalue weighted by Crippen LogP contribution is 2.32. The molecular formula is C11H14N4O5. The highest BCUT2D eigenvalue weighted by molar-refractivity contribution is 5.88. The maximum absolute atomic E-state index is 11.9. The van der Waals surface area contributed by atoms with E-state index in [0.717, 1.165) is 0 Å². The van der Waals surface area contributed by atoms with Gasteiger partial charge in [-0.05, 0) is 6.07 Å². The van der Waals surface area contributed by atoms with Crippen molar-refractivity contribution in [1.29, 1.82) is 0 Å². The summed E-state index contributed by atoms with van der Waals surface area (Å²) in [6.07, 6.45) is -2.89. The molecule has 3 heterocycles. The summed E-state index contributed by atoms with van der Waals surface area (Å²) in [5, 5.41) is 35.1. The number of anilines is 1. The quantitative estimate of drug-likeness (QED) is 0.424. The Morgan fingerprint density at radius 2 is 2.20 bits per heavy atom. The van der Waals surface area contributed by atoms with E-state index >= 15 is 0 Å². The molecule has 2 aromatic rings. The molecule has 0 radical (unpaired) electrons. The van der Waals surface area contributed by atoms with Crippen molar-refractivity contribution in [2.75, 3.05) is 12.3 Å². The average Bonchev–Trinajstić information content (AvgIpc) is 2.99. The van der Waals surface area contributed by atoms with Gasteiger partial charge < -0.3 is 30.4 Å². The molecule has 0 amide bonds. The molecule has 0 spiro atoms.